The van der Waals surface area contributed by atoms with Gasteiger partial charge in [0.2, 0.25) is 0 Å². The fourth-order valence-corrected chi connectivity index (χ4v) is 1.39. The maximum atomic E-state index is 5.75. The van der Waals surface area contributed by atoms with Gasteiger partial charge in [-0.15, -0.1) is 0 Å². The first-order valence-corrected chi connectivity index (χ1v) is 4.64. The predicted molar refractivity (Wildman–Crippen MR) is 57.2 cm³/mol. The first-order valence-electron chi connectivity index (χ1n) is 4.26. The minimum Gasteiger partial charge on any atom is -0.399 e. The number of aromatic nitrogens is 2. The van der Waals surface area contributed by atoms with Gasteiger partial charge in [0.15, 0.2) is 0 Å². The second-order valence-electron chi connectivity index (χ2n) is 3.10. The number of nitrogens with zero attached hydrogens (tertiary/aromatic N) is 2. The van der Waals surface area contributed by atoms with E-state index in [-0.39, 0.29) is 0 Å². The summed E-state index contributed by atoms with van der Waals surface area (Å²) >= 11 is 5.75. The highest BCUT2D eigenvalue weighted by atomic mass is 35.5. The quantitative estimate of drug-likeness (QED) is 0.767. The highest BCUT2D eigenvalue weighted by molar-refractivity contribution is 6.30. The third-order valence-corrected chi connectivity index (χ3v) is 2.12. The standard InChI is InChI=1S/C10H10ClN3/c11-9-5-13-14(7-9)6-8-1-3-10(12)4-2-8/h1-5,7H,6,12H2. The molecule has 0 spiro atoms. The Labute approximate surface area is 87.1 Å². The van der Waals surface area contributed by atoms with E-state index in [1.165, 1.54) is 0 Å². The second kappa shape index (κ2) is 3.72. The zero-order chi connectivity index (χ0) is 9.97. The van der Waals surface area contributed by atoms with Crippen molar-refractivity contribution in [1.82, 2.24) is 9.78 Å². The number of hydrogen-bond acceptors (Lipinski definition) is 2. The Balaban J connectivity index is 2.15. The maximum absolute atomic E-state index is 5.75. The van der Waals surface area contributed by atoms with E-state index in [0.717, 1.165) is 11.3 Å². The molecule has 0 radical (unpaired) electrons. The minimum atomic E-state index is 0.653. The van der Waals surface area contributed by atoms with Crippen molar-refractivity contribution in [2.24, 2.45) is 0 Å². The number of nitrogens with two attached hydrogens (primary N) is 1. The zero-order valence-corrected chi connectivity index (χ0v) is 8.28. The van der Waals surface area contributed by atoms with Gasteiger partial charge >= 0.3 is 0 Å². The van der Waals surface area contributed by atoms with Crippen LogP contribution in [-0.2, 0) is 6.54 Å². The van der Waals surface area contributed by atoms with Crippen LogP contribution in [0.25, 0.3) is 0 Å². The molecular weight excluding hydrogens is 198 g/mol. The molecule has 1 heterocycles. The molecule has 0 aliphatic heterocycles. The van der Waals surface area contributed by atoms with Gasteiger partial charge in [-0.25, -0.2) is 0 Å². The number of rotatable bonds is 2. The van der Waals surface area contributed by atoms with Gasteiger partial charge in [0.25, 0.3) is 0 Å². The van der Waals surface area contributed by atoms with Crippen LogP contribution in [0.1, 0.15) is 5.56 Å². The van der Waals surface area contributed by atoms with Gasteiger partial charge in [-0.3, -0.25) is 4.68 Å². The van der Waals surface area contributed by atoms with E-state index < -0.39 is 0 Å². The molecule has 0 amide bonds. The Morgan fingerprint density at radius 3 is 2.57 bits per heavy atom. The minimum absolute atomic E-state index is 0.653. The molecule has 0 aliphatic carbocycles. The first kappa shape index (κ1) is 9.09. The van der Waals surface area contributed by atoms with Gasteiger partial charge in [0, 0.05) is 11.9 Å². The Bertz CT molecular complexity index is 419. The van der Waals surface area contributed by atoms with Gasteiger partial charge in [-0.05, 0) is 17.7 Å². The molecule has 0 atom stereocenters. The van der Waals surface area contributed by atoms with Crippen LogP contribution in [0.4, 0.5) is 5.69 Å². The van der Waals surface area contributed by atoms with E-state index in [2.05, 4.69) is 5.10 Å². The summed E-state index contributed by atoms with van der Waals surface area (Å²) in [5, 5.41) is 4.74. The highest BCUT2D eigenvalue weighted by Crippen LogP contribution is 2.09. The molecule has 1 aromatic carbocycles. The van der Waals surface area contributed by atoms with Crippen LogP contribution >= 0.6 is 11.6 Å². The van der Waals surface area contributed by atoms with Crippen molar-refractivity contribution in [2.75, 3.05) is 5.73 Å². The van der Waals surface area contributed by atoms with Crippen molar-refractivity contribution >= 4 is 17.3 Å². The lowest BCUT2D eigenvalue weighted by atomic mass is 10.2. The van der Waals surface area contributed by atoms with Crippen molar-refractivity contribution in [1.29, 1.82) is 0 Å². The van der Waals surface area contributed by atoms with Gasteiger partial charge in [-0.1, -0.05) is 23.7 Å². The molecule has 72 valence electrons. The van der Waals surface area contributed by atoms with Crippen molar-refractivity contribution in [2.45, 2.75) is 6.54 Å². The van der Waals surface area contributed by atoms with Gasteiger partial charge in [-0.2, -0.15) is 5.10 Å². The molecule has 14 heavy (non-hydrogen) atoms. The summed E-state index contributed by atoms with van der Waals surface area (Å²) in [6.07, 6.45) is 3.41. The first-order chi connectivity index (χ1) is 6.74. The van der Waals surface area contributed by atoms with E-state index in [9.17, 15) is 0 Å². The molecule has 1 aromatic heterocycles. The number of anilines is 1. The van der Waals surface area contributed by atoms with Crippen LogP contribution in [-0.4, -0.2) is 9.78 Å². The third kappa shape index (κ3) is 2.06. The summed E-state index contributed by atoms with van der Waals surface area (Å²) in [4.78, 5) is 0. The molecule has 3 nitrogen and oxygen atoms in total. The number of nitrogen functional groups attached to an aromatic ring is 1. The lowest BCUT2D eigenvalue weighted by molar-refractivity contribution is 0.687. The van der Waals surface area contributed by atoms with Crippen LogP contribution in [0.3, 0.4) is 0 Å². The van der Waals surface area contributed by atoms with E-state index >= 15 is 0 Å². The molecule has 0 unspecified atom stereocenters. The van der Waals surface area contributed by atoms with Gasteiger partial charge < -0.3 is 5.73 Å². The molecular formula is C10H10ClN3. The van der Waals surface area contributed by atoms with Gasteiger partial charge in [0.05, 0.1) is 17.8 Å². The summed E-state index contributed by atoms with van der Waals surface area (Å²) in [6.45, 7) is 0.715. The summed E-state index contributed by atoms with van der Waals surface area (Å²) in [5.74, 6) is 0. The van der Waals surface area contributed by atoms with E-state index in [1.54, 1.807) is 17.1 Å². The lowest BCUT2D eigenvalue weighted by Crippen LogP contribution is -1.99. The third-order valence-electron chi connectivity index (χ3n) is 1.93. The molecule has 0 fully saturated rings. The Morgan fingerprint density at radius 2 is 2.00 bits per heavy atom. The van der Waals surface area contributed by atoms with E-state index in [1.807, 2.05) is 24.3 Å². The summed E-state index contributed by atoms with van der Waals surface area (Å²) in [6, 6.07) is 7.71. The number of hydrogen-bond donors (Lipinski definition) is 1. The van der Waals surface area contributed by atoms with Crippen molar-refractivity contribution in [3.8, 4) is 0 Å². The smallest absolute Gasteiger partial charge is 0.0785 e. The Kier molecular flexibility index (Phi) is 2.41. The molecule has 0 saturated carbocycles. The summed E-state index contributed by atoms with van der Waals surface area (Å²) in [7, 11) is 0. The van der Waals surface area contributed by atoms with Crippen molar-refractivity contribution < 1.29 is 0 Å². The Hall–Kier alpha value is -1.48. The predicted octanol–water partition coefficient (Wildman–Crippen LogP) is 2.17. The van der Waals surface area contributed by atoms with E-state index in [4.69, 9.17) is 17.3 Å². The van der Waals surface area contributed by atoms with E-state index in [0.29, 0.717) is 11.6 Å². The van der Waals surface area contributed by atoms with Crippen LogP contribution in [0.5, 0.6) is 0 Å². The number of benzene rings is 1. The maximum Gasteiger partial charge on any atom is 0.0785 e. The number of halogens is 1. The molecule has 4 heteroatoms. The fraction of sp³-hybridized carbons (Fsp3) is 0.100. The second-order valence-corrected chi connectivity index (χ2v) is 3.53. The van der Waals surface area contributed by atoms with Crippen LogP contribution in [0.2, 0.25) is 5.02 Å². The SMILES string of the molecule is Nc1ccc(Cn2cc(Cl)cn2)cc1. The highest BCUT2D eigenvalue weighted by Gasteiger charge is 1.97. The summed E-state index contributed by atoms with van der Waals surface area (Å²) < 4.78 is 1.79. The molecule has 2 N–H and O–H groups in total. The molecule has 0 bridgehead atoms. The molecule has 2 aromatic rings. The molecule has 0 aliphatic rings. The van der Waals surface area contributed by atoms with Crippen molar-refractivity contribution in [3.63, 3.8) is 0 Å². The van der Waals surface area contributed by atoms with Crippen LogP contribution in [0.15, 0.2) is 36.7 Å². The summed E-state index contributed by atoms with van der Waals surface area (Å²) in [5.41, 5.74) is 7.50. The molecule has 2 rings (SSSR count). The zero-order valence-electron chi connectivity index (χ0n) is 7.52. The lowest BCUT2D eigenvalue weighted by Gasteiger charge is -2.01. The van der Waals surface area contributed by atoms with Gasteiger partial charge in [0.1, 0.15) is 0 Å². The monoisotopic (exact) mass is 207 g/mol. The van der Waals surface area contributed by atoms with Crippen molar-refractivity contribution in [3.05, 3.63) is 47.2 Å². The molecule has 0 saturated heterocycles. The average Bonchev–Trinajstić information content (AvgIpc) is 2.56. The average molecular weight is 208 g/mol. The topological polar surface area (TPSA) is 43.8 Å². The fourth-order valence-electron chi connectivity index (χ4n) is 1.23. The Morgan fingerprint density at radius 1 is 1.29 bits per heavy atom. The van der Waals surface area contributed by atoms with Crippen LogP contribution < -0.4 is 5.73 Å². The van der Waals surface area contributed by atoms with Crippen LogP contribution in [0, 0.1) is 0 Å². The normalized spacial score (nSPS) is 10.4. The largest absolute Gasteiger partial charge is 0.399 e.